The Kier molecular flexibility index (Phi) is 8.35. The zero-order valence-electron chi connectivity index (χ0n) is 24.3. The lowest BCUT2D eigenvalue weighted by Crippen LogP contribution is -2.46. The molecule has 40 heavy (non-hydrogen) atoms. The second kappa shape index (κ2) is 11.6. The van der Waals surface area contributed by atoms with Gasteiger partial charge in [0.15, 0.2) is 11.3 Å². The fourth-order valence-corrected chi connectivity index (χ4v) is 8.12. The number of aromatic nitrogens is 4. The van der Waals surface area contributed by atoms with Crippen LogP contribution in [-0.4, -0.2) is 76.5 Å². The van der Waals surface area contributed by atoms with Crippen molar-refractivity contribution in [3.8, 4) is 17.1 Å². The van der Waals surface area contributed by atoms with Gasteiger partial charge in [-0.3, -0.25) is 4.79 Å². The van der Waals surface area contributed by atoms with E-state index in [9.17, 15) is 13.2 Å². The summed E-state index contributed by atoms with van der Waals surface area (Å²) in [5.74, 6) is 1.93. The highest BCUT2D eigenvalue weighted by Crippen LogP contribution is 2.35. The number of ether oxygens (including phenoxy) is 1. The highest BCUT2D eigenvalue weighted by molar-refractivity contribution is 7.89. The van der Waals surface area contributed by atoms with Crippen molar-refractivity contribution in [2.24, 2.45) is 5.92 Å². The summed E-state index contributed by atoms with van der Waals surface area (Å²) in [6, 6.07) is 5.29. The van der Waals surface area contributed by atoms with Gasteiger partial charge in [0, 0.05) is 25.0 Å². The molecule has 2 aromatic heterocycles. The summed E-state index contributed by atoms with van der Waals surface area (Å²) in [5, 5.41) is 4.80. The number of rotatable bonds is 9. The molecule has 0 amide bonds. The third-order valence-electron chi connectivity index (χ3n) is 8.74. The van der Waals surface area contributed by atoms with Crippen LogP contribution >= 0.6 is 0 Å². The van der Waals surface area contributed by atoms with Crippen molar-refractivity contribution < 1.29 is 13.2 Å². The van der Waals surface area contributed by atoms with Crippen molar-refractivity contribution >= 4 is 15.5 Å². The standard InChI is InChI=1S/C29H42N6O4S/c1-6-20(7-2)28-30-19(4)26-29(36)31-27(32-35(26)28)23-17-22(13-14-25(23)39-8-3)40(37,38)34-16-9-11-21(18-34)24-12-10-15-33(24)5/h13-14,17,20-21,24H,6-12,15-16,18H2,1-5H3,(H,31,32,36). The minimum Gasteiger partial charge on any atom is -0.493 e. The first-order valence-corrected chi connectivity index (χ1v) is 16.1. The average molecular weight is 571 g/mol. The number of piperidine rings is 1. The van der Waals surface area contributed by atoms with Gasteiger partial charge in [-0.05, 0) is 90.1 Å². The minimum absolute atomic E-state index is 0.146. The lowest BCUT2D eigenvalue weighted by molar-refractivity contribution is 0.159. The number of nitrogens with one attached hydrogen (secondary N) is 1. The van der Waals surface area contributed by atoms with Crippen molar-refractivity contribution in [2.75, 3.05) is 33.3 Å². The first kappa shape index (κ1) is 28.8. The molecule has 0 radical (unpaired) electrons. The van der Waals surface area contributed by atoms with Crippen LogP contribution in [0.3, 0.4) is 0 Å². The van der Waals surface area contributed by atoms with E-state index in [1.165, 1.54) is 0 Å². The molecule has 0 aliphatic carbocycles. The predicted molar refractivity (Wildman–Crippen MR) is 155 cm³/mol. The largest absolute Gasteiger partial charge is 0.493 e. The molecule has 3 aromatic rings. The molecule has 5 rings (SSSR count). The molecule has 11 heteroatoms. The van der Waals surface area contributed by atoms with E-state index in [-0.39, 0.29) is 22.2 Å². The van der Waals surface area contributed by atoms with Crippen LogP contribution in [0.15, 0.2) is 27.9 Å². The first-order chi connectivity index (χ1) is 19.2. The molecular weight excluding hydrogens is 528 g/mol. The molecule has 0 bridgehead atoms. The highest BCUT2D eigenvalue weighted by Gasteiger charge is 2.37. The van der Waals surface area contributed by atoms with Crippen LogP contribution in [0.2, 0.25) is 0 Å². The van der Waals surface area contributed by atoms with Gasteiger partial charge >= 0.3 is 0 Å². The van der Waals surface area contributed by atoms with Gasteiger partial charge in [0.25, 0.3) is 5.56 Å². The smallest absolute Gasteiger partial charge is 0.277 e. The third-order valence-corrected chi connectivity index (χ3v) is 10.6. The maximum Gasteiger partial charge on any atom is 0.277 e. The Morgan fingerprint density at radius 1 is 1.12 bits per heavy atom. The van der Waals surface area contributed by atoms with Gasteiger partial charge in [0.2, 0.25) is 10.0 Å². The van der Waals surface area contributed by atoms with Crippen LogP contribution in [0, 0.1) is 12.8 Å². The summed E-state index contributed by atoms with van der Waals surface area (Å²) in [4.78, 5) is 23.4. The number of fused-ring (bicyclic) bond motifs is 1. The molecule has 10 nitrogen and oxygen atoms in total. The van der Waals surface area contributed by atoms with Crippen LogP contribution in [-0.2, 0) is 10.0 Å². The molecule has 4 heterocycles. The molecule has 2 fully saturated rings. The van der Waals surface area contributed by atoms with Gasteiger partial charge in [-0.2, -0.15) is 4.31 Å². The van der Waals surface area contributed by atoms with Crippen LogP contribution in [0.25, 0.3) is 16.9 Å². The number of hydrogen-bond donors (Lipinski definition) is 1. The topological polar surface area (TPSA) is 113 Å². The van der Waals surface area contributed by atoms with E-state index in [4.69, 9.17) is 14.8 Å². The quantitative estimate of drug-likeness (QED) is 0.410. The Bertz CT molecular complexity index is 1530. The van der Waals surface area contributed by atoms with E-state index >= 15 is 0 Å². The molecule has 2 unspecified atom stereocenters. The van der Waals surface area contributed by atoms with Gasteiger partial charge in [0.1, 0.15) is 11.6 Å². The van der Waals surface area contributed by atoms with Crippen molar-refractivity contribution in [1.29, 1.82) is 0 Å². The third kappa shape index (κ3) is 5.19. The Morgan fingerprint density at radius 2 is 1.88 bits per heavy atom. The van der Waals surface area contributed by atoms with Crippen molar-refractivity contribution in [3.05, 3.63) is 40.1 Å². The number of nitrogens with zero attached hydrogens (tertiary/aromatic N) is 5. The van der Waals surface area contributed by atoms with Crippen LogP contribution in [0.1, 0.15) is 76.7 Å². The maximum atomic E-state index is 13.9. The molecule has 1 N–H and O–H groups in total. The zero-order valence-corrected chi connectivity index (χ0v) is 25.1. The number of H-pyrrole nitrogens is 1. The van der Waals surface area contributed by atoms with Crippen molar-refractivity contribution in [3.63, 3.8) is 0 Å². The van der Waals surface area contributed by atoms with Crippen molar-refractivity contribution in [2.45, 2.75) is 83.1 Å². The highest BCUT2D eigenvalue weighted by atomic mass is 32.2. The van der Waals surface area contributed by atoms with E-state index in [1.54, 1.807) is 27.0 Å². The number of imidazole rings is 1. The Morgan fingerprint density at radius 3 is 2.55 bits per heavy atom. The fourth-order valence-electron chi connectivity index (χ4n) is 6.56. The number of hydrogen-bond acceptors (Lipinski definition) is 7. The predicted octanol–water partition coefficient (Wildman–Crippen LogP) is 4.19. The molecule has 2 atom stereocenters. The lowest BCUT2D eigenvalue weighted by atomic mass is 9.90. The van der Waals surface area contributed by atoms with E-state index < -0.39 is 10.0 Å². The summed E-state index contributed by atoms with van der Waals surface area (Å²) < 4.78 is 37.0. The van der Waals surface area contributed by atoms with Gasteiger partial charge in [-0.1, -0.05) is 13.8 Å². The second-order valence-corrected chi connectivity index (χ2v) is 13.1. The Hall–Kier alpha value is -2.76. The summed E-state index contributed by atoms with van der Waals surface area (Å²) in [5.41, 5.74) is 1.15. The van der Waals surface area contributed by atoms with Crippen LogP contribution < -0.4 is 10.3 Å². The maximum absolute atomic E-state index is 13.9. The van der Waals surface area contributed by atoms with E-state index in [0.29, 0.717) is 54.2 Å². The van der Waals surface area contributed by atoms with E-state index in [1.807, 2.05) is 13.8 Å². The van der Waals surface area contributed by atoms with Crippen LogP contribution in [0.5, 0.6) is 5.75 Å². The van der Waals surface area contributed by atoms with E-state index in [2.05, 4.69) is 30.8 Å². The number of benzene rings is 1. The molecule has 1 aromatic carbocycles. The Labute approximate surface area is 236 Å². The normalized spacial score (nSPS) is 21.1. The van der Waals surface area contributed by atoms with Gasteiger partial charge in [-0.15, -0.1) is 5.10 Å². The minimum atomic E-state index is -3.76. The fraction of sp³-hybridized carbons (Fsp3) is 0.621. The van der Waals surface area contributed by atoms with Crippen LogP contribution in [0.4, 0.5) is 0 Å². The first-order valence-electron chi connectivity index (χ1n) is 14.7. The number of aromatic amines is 1. The molecular formula is C29H42N6O4S. The lowest BCUT2D eigenvalue weighted by Gasteiger charge is -2.37. The molecule has 0 spiro atoms. The second-order valence-electron chi connectivity index (χ2n) is 11.2. The molecule has 218 valence electrons. The van der Waals surface area contributed by atoms with Gasteiger partial charge in [-0.25, -0.2) is 17.9 Å². The van der Waals surface area contributed by atoms with Gasteiger partial charge < -0.3 is 14.6 Å². The molecule has 0 saturated carbocycles. The number of aryl methyl sites for hydroxylation is 1. The molecule has 2 saturated heterocycles. The summed E-state index contributed by atoms with van der Waals surface area (Å²) in [7, 11) is -1.62. The number of likely N-dealkylation sites (tertiary alicyclic amines) is 1. The van der Waals surface area contributed by atoms with E-state index in [0.717, 1.165) is 50.9 Å². The molecule has 2 aliphatic rings. The Balaban J connectivity index is 1.57. The zero-order chi connectivity index (χ0) is 28.6. The number of sulfonamides is 1. The monoisotopic (exact) mass is 570 g/mol. The summed E-state index contributed by atoms with van der Waals surface area (Å²) in [6.07, 6.45) is 5.91. The SMILES string of the molecule is CCOc1ccc(S(=O)(=O)N2CCCC(C3CCCN3C)C2)cc1-c1nn2c(C(CC)CC)nc(C)c2c(=O)[nH]1. The summed E-state index contributed by atoms with van der Waals surface area (Å²) >= 11 is 0. The molecule has 2 aliphatic heterocycles. The average Bonchev–Trinajstić information content (AvgIpc) is 3.52. The summed E-state index contributed by atoms with van der Waals surface area (Å²) in [6.45, 7) is 10.3. The van der Waals surface area contributed by atoms with Gasteiger partial charge in [0.05, 0.1) is 22.8 Å². The van der Waals surface area contributed by atoms with Crippen molar-refractivity contribution in [1.82, 2.24) is 28.8 Å².